The van der Waals surface area contributed by atoms with Gasteiger partial charge < -0.3 is 26.0 Å². The van der Waals surface area contributed by atoms with Crippen molar-refractivity contribution in [1.82, 2.24) is 15.5 Å². The molecular weight excluding hydrogens is 574 g/mol. The molecule has 226 valence electrons. The first-order valence-electron chi connectivity index (χ1n) is 14.4. The van der Waals surface area contributed by atoms with E-state index in [1.165, 1.54) is 11.3 Å². The molecule has 3 aromatic carbocycles. The SMILES string of the molecule is Cc1ccccc1[C@H]1C[C@@H](C(=O)NC(C)c2cc(C(=N)N)cs2)N(C(=O)CNC(=O)c2ccc(Oc3ccccc3)cc2)C1. The Hall–Kier alpha value is -4.96. The Morgan fingerprint density at radius 1 is 1.00 bits per heavy atom. The fourth-order valence-corrected chi connectivity index (χ4v) is 6.31. The number of rotatable bonds is 10. The number of nitrogens with one attached hydrogen (secondary N) is 3. The molecule has 0 bridgehead atoms. The van der Waals surface area contributed by atoms with Gasteiger partial charge in [0.25, 0.3) is 5.91 Å². The standard InChI is InChI=1S/C34H35N5O4S/c1-21-8-6-7-11-28(21)24-16-29(34(42)38-22(2)30-17-25(20-44-30)32(35)36)39(19-24)31(40)18-37-33(41)23-12-14-27(15-13-23)43-26-9-4-3-5-10-26/h3-15,17,20,22,24,29H,16,18-19H2,1-2H3,(H3,35,36)(H,37,41)(H,38,42)/t22?,24-,29-/m0/s1. The summed E-state index contributed by atoms with van der Waals surface area (Å²) in [5.41, 5.74) is 8.80. The third-order valence-corrected chi connectivity index (χ3v) is 8.88. The molecule has 2 heterocycles. The fourth-order valence-electron chi connectivity index (χ4n) is 5.39. The number of hydrogen-bond acceptors (Lipinski definition) is 6. The van der Waals surface area contributed by atoms with Crippen LogP contribution in [0.1, 0.15) is 57.2 Å². The minimum absolute atomic E-state index is 0.0230. The molecule has 1 aromatic heterocycles. The van der Waals surface area contributed by atoms with Crippen molar-refractivity contribution in [1.29, 1.82) is 5.41 Å². The minimum Gasteiger partial charge on any atom is -0.457 e. The van der Waals surface area contributed by atoms with Gasteiger partial charge in [-0.1, -0.05) is 42.5 Å². The number of amidine groups is 1. The molecule has 1 saturated heterocycles. The summed E-state index contributed by atoms with van der Waals surface area (Å²) in [7, 11) is 0. The number of ether oxygens (including phenoxy) is 1. The van der Waals surface area contributed by atoms with Crippen LogP contribution >= 0.6 is 11.3 Å². The number of likely N-dealkylation sites (tertiary alicyclic amines) is 1. The third-order valence-electron chi connectivity index (χ3n) is 7.76. The van der Waals surface area contributed by atoms with Crippen molar-refractivity contribution in [3.63, 3.8) is 0 Å². The van der Waals surface area contributed by atoms with Gasteiger partial charge in [-0.15, -0.1) is 11.3 Å². The zero-order valence-electron chi connectivity index (χ0n) is 24.6. The van der Waals surface area contributed by atoms with Crippen molar-refractivity contribution in [2.45, 2.75) is 38.3 Å². The normalized spacial score (nSPS) is 16.6. The molecule has 5 rings (SSSR count). The molecule has 4 aromatic rings. The van der Waals surface area contributed by atoms with Gasteiger partial charge in [0.1, 0.15) is 23.4 Å². The molecule has 0 radical (unpaired) electrons. The second-order valence-corrected chi connectivity index (χ2v) is 11.8. The number of carbonyl (C=O) groups is 3. The second kappa shape index (κ2) is 13.6. The van der Waals surface area contributed by atoms with Crippen LogP contribution < -0.4 is 21.1 Å². The number of para-hydroxylation sites is 1. The summed E-state index contributed by atoms with van der Waals surface area (Å²) in [5.74, 6) is 0.234. The van der Waals surface area contributed by atoms with Gasteiger partial charge >= 0.3 is 0 Å². The molecule has 1 aliphatic rings. The van der Waals surface area contributed by atoms with Crippen LogP contribution in [0.4, 0.5) is 0 Å². The van der Waals surface area contributed by atoms with Crippen LogP contribution in [0.5, 0.6) is 11.5 Å². The highest BCUT2D eigenvalue weighted by Crippen LogP contribution is 2.34. The second-order valence-electron chi connectivity index (χ2n) is 10.9. The zero-order valence-corrected chi connectivity index (χ0v) is 25.4. The highest BCUT2D eigenvalue weighted by atomic mass is 32.1. The first-order chi connectivity index (χ1) is 21.2. The topological polar surface area (TPSA) is 138 Å². The van der Waals surface area contributed by atoms with Gasteiger partial charge in [-0.3, -0.25) is 19.8 Å². The number of nitrogen functional groups attached to an aromatic ring is 1. The molecule has 44 heavy (non-hydrogen) atoms. The van der Waals surface area contributed by atoms with E-state index in [2.05, 4.69) is 10.6 Å². The summed E-state index contributed by atoms with van der Waals surface area (Å²) >= 11 is 1.42. The van der Waals surface area contributed by atoms with Crippen molar-refractivity contribution >= 4 is 34.9 Å². The fraction of sp³-hybridized carbons (Fsp3) is 0.235. The maximum absolute atomic E-state index is 13.6. The molecule has 3 amide bonds. The molecule has 9 nitrogen and oxygen atoms in total. The first kappa shape index (κ1) is 30.5. The number of aryl methyl sites for hydroxylation is 1. The Bertz CT molecular complexity index is 1650. The van der Waals surface area contributed by atoms with Crippen LogP contribution in [-0.2, 0) is 9.59 Å². The van der Waals surface area contributed by atoms with Crippen LogP contribution in [0.15, 0.2) is 90.3 Å². The van der Waals surface area contributed by atoms with E-state index < -0.39 is 11.9 Å². The molecule has 0 aliphatic carbocycles. The van der Waals surface area contributed by atoms with E-state index in [0.717, 1.165) is 16.0 Å². The van der Waals surface area contributed by atoms with Gasteiger partial charge in [-0.2, -0.15) is 0 Å². The summed E-state index contributed by atoms with van der Waals surface area (Å²) in [6.07, 6.45) is 0.467. The molecule has 1 aliphatic heterocycles. The largest absolute Gasteiger partial charge is 0.457 e. The Morgan fingerprint density at radius 2 is 1.68 bits per heavy atom. The molecule has 5 N–H and O–H groups in total. The van der Waals surface area contributed by atoms with Crippen molar-refractivity contribution < 1.29 is 19.1 Å². The van der Waals surface area contributed by atoms with E-state index >= 15 is 0 Å². The monoisotopic (exact) mass is 609 g/mol. The number of nitrogens with two attached hydrogens (primary N) is 1. The van der Waals surface area contributed by atoms with E-state index in [0.29, 0.717) is 35.6 Å². The van der Waals surface area contributed by atoms with E-state index in [-0.39, 0.29) is 36.2 Å². The maximum Gasteiger partial charge on any atom is 0.251 e. The smallest absolute Gasteiger partial charge is 0.251 e. The Kier molecular flexibility index (Phi) is 9.40. The number of nitrogens with zero attached hydrogens (tertiary/aromatic N) is 1. The quantitative estimate of drug-likeness (QED) is 0.146. The van der Waals surface area contributed by atoms with Crippen molar-refractivity contribution in [3.05, 3.63) is 117 Å². The van der Waals surface area contributed by atoms with Crippen molar-refractivity contribution in [2.24, 2.45) is 5.73 Å². The summed E-state index contributed by atoms with van der Waals surface area (Å²) in [6, 6.07) is 24.8. The van der Waals surface area contributed by atoms with E-state index in [1.807, 2.05) is 68.4 Å². The lowest BCUT2D eigenvalue weighted by Gasteiger charge is -2.25. The molecular formula is C34H35N5O4S. The van der Waals surface area contributed by atoms with Crippen LogP contribution in [0.3, 0.4) is 0 Å². The summed E-state index contributed by atoms with van der Waals surface area (Å²) in [4.78, 5) is 42.5. The van der Waals surface area contributed by atoms with Gasteiger partial charge in [0, 0.05) is 33.8 Å². The maximum atomic E-state index is 13.6. The average molecular weight is 610 g/mol. The number of benzene rings is 3. The number of amides is 3. The van der Waals surface area contributed by atoms with Crippen LogP contribution in [-0.4, -0.2) is 47.6 Å². The predicted molar refractivity (Wildman–Crippen MR) is 171 cm³/mol. The Labute approximate surface area is 260 Å². The lowest BCUT2D eigenvalue weighted by molar-refractivity contribution is -0.137. The number of carbonyl (C=O) groups excluding carboxylic acids is 3. The van der Waals surface area contributed by atoms with Gasteiger partial charge in [0.2, 0.25) is 11.8 Å². The van der Waals surface area contributed by atoms with Crippen molar-refractivity contribution in [3.8, 4) is 11.5 Å². The van der Waals surface area contributed by atoms with Gasteiger partial charge in [0.15, 0.2) is 0 Å². The Morgan fingerprint density at radius 3 is 2.36 bits per heavy atom. The van der Waals surface area contributed by atoms with Gasteiger partial charge in [-0.05, 0) is 73.9 Å². The zero-order chi connectivity index (χ0) is 31.2. The van der Waals surface area contributed by atoms with E-state index in [1.54, 1.807) is 40.6 Å². The molecule has 3 atom stereocenters. The van der Waals surface area contributed by atoms with Gasteiger partial charge in [0.05, 0.1) is 12.6 Å². The molecule has 0 spiro atoms. The molecule has 0 saturated carbocycles. The lowest BCUT2D eigenvalue weighted by atomic mass is 9.92. The first-order valence-corrected chi connectivity index (χ1v) is 15.3. The predicted octanol–water partition coefficient (Wildman–Crippen LogP) is 5.12. The summed E-state index contributed by atoms with van der Waals surface area (Å²) in [5, 5.41) is 15.2. The summed E-state index contributed by atoms with van der Waals surface area (Å²) < 4.78 is 5.79. The van der Waals surface area contributed by atoms with Crippen LogP contribution in [0.2, 0.25) is 0 Å². The highest BCUT2D eigenvalue weighted by molar-refractivity contribution is 7.10. The number of thiophene rings is 1. The van der Waals surface area contributed by atoms with E-state index in [4.69, 9.17) is 15.9 Å². The van der Waals surface area contributed by atoms with Crippen LogP contribution in [0, 0.1) is 12.3 Å². The molecule has 10 heteroatoms. The highest BCUT2D eigenvalue weighted by Gasteiger charge is 2.40. The van der Waals surface area contributed by atoms with E-state index in [9.17, 15) is 14.4 Å². The number of hydrogen-bond donors (Lipinski definition) is 4. The average Bonchev–Trinajstić information content (AvgIpc) is 3.70. The molecule has 1 fully saturated rings. The third kappa shape index (κ3) is 7.15. The summed E-state index contributed by atoms with van der Waals surface area (Å²) in [6.45, 7) is 4.01. The Balaban J connectivity index is 1.25. The van der Waals surface area contributed by atoms with Crippen LogP contribution in [0.25, 0.3) is 0 Å². The van der Waals surface area contributed by atoms with Crippen molar-refractivity contribution in [2.75, 3.05) is 13.1 Å². The minimum atomic E-state index is -0.701. The van der Waals surface area contributed by atoms with Gasteiger partial charge in [-0.25, -0.2) is 0 Å². The lowest BCUT2D eigenvalue weighted by Crippen LogP contribution is -2.49. The molecule has 1 unspecified atom stereocenters.